The lowest BCUT2D eigenvalue weighted by Crippen LogP contribution is -2.28. The molecule has 7 nitrogen and oxygen atoms in total. The highest BCUT2D eigenvalue weighted by Crippen LogP contribution is 2.40. The van der Waals surface area contributed by atoms with E-state index in [-0.39, 0.29) is 17.2 Å². The van der Waals surface area contributed by atoms with Gasteiger partial charge in [0.1, 0.15) is 4.21 Å². The van der Waals surface area contributed by atoms with Crippen molar-refractivity contribution in [2.45, 2.75) is 28.3 Å². The molecule has 0 spiro atoms. The minimum atomic E-state index is -3.60. The summed E-state index contributed by atoms with van der Waals surface area (Å²) in [4.78, 5) is 16.3. The van der Waals surface area contributed by atoms with Crippen LogP contribution in [-0.2, 0) is 21.2 Å². The van der Waals surface area contributed by atoms with Crippen LogP contribution in [0.2, 0.25) is 0 Å². The van der Waals surface area contributed by atoms with Crippen molar-refractivity contribution in [3.63, 3.8) is 0 Å². The lowest BCUT2D eigenvalue weighted by atomic mass is 10.1. The summed E-state index contributed by atoms with van der Waals surface area (Å²) in [6.07, 6.45) is 1.19. The van der Waals surface area contributed by atoms with Gasteiger partial charge in [0.25, 0.3) is 10.0 Å². The number of hydrogen-bond donors (Lipinski definition) is 2. The van der Waals surface area contributed by atoms with Crippen molar-refractivity contribution in [1.82, 2.24) is 5.32 Å². The molecule has 2 unspecified atom stereocenters. The second-order valence-electron chi connectivity index (χ2n) is 6.91. The van der Waals surface area contributed by atoms with Gasteiger partial charge in [0.15, 0.2) is 0 Å². The van der Waals surface area contributed by atoms with Crippen molar-refractivity contribution in [1.29, 1.82) is 0 Å². The molecule has 2 atom stereocenters. The van der Waals surface area contributed by atoms with E-state index in [0.29, 0.717) is 22.9 Å². The molecule has 1 aromatic carbocycles. The summed E-state index contributed by atoms with van der Waals surface area (Å²) in [5, 5.41) is 9.02. The third kappa shape index (κ3) is 3.88. The van der Waals surface area contributed by atoms with E-state index in [0.717, 1.165) is 22.7 Å². The van der Waals surface area contributed by atoms with Gasteiger partial charge in [-0.2, -0.15) is 0 Å². The number of rotatable bonds is 6. The number of aliphatic imine (C=N–C) groups is 1. The van der Waals surface area contributed by atoms with Crippen LogP contribution in [0.3, 0.4) is 0 Å². The second-order valence-corrected chi connectivity index (χ2v) is 11.4. The number of sulfonamides is 1. The molecule has 0 aliphatic carbocycles. The summed E-state index contributed by atoms with van der Waals surface area (Å²) in [5.41, 5.74) is 2.53. The van der Waals surface area contributed by atoms with Gasteiger partial charge in [-0.3, -0.25) is 14.1 Å². The molecule has 4 rings (SSSR count). The van der Waals surface area contributed by atoms with Crippen LogP contribution in [0.5, 0.6) is 0 Å². The minimum absolute atomic E-state index is 0.00341. The number of amides is 1. The number of carbonyl (C=O) groups is 1. The molecule has 0 radical (unpaired) electrons. The highest BCUT2D eigenvalue weighted by Gasteiger charge is 2.34. The number of thioether (sulfide) groups is 1. The van der Waals surface area contributed by atoms with E-state index in [9.17, 15) is 13.2 Å². The fourth-order valence-electron chi connectivity index (χ4n) is 3.50. The fourth-order valence-corrected chi connectivity index (χ4v) is 7.05. The third-order valence-corrected chi connectivity index (χ3v) is 9.50. The van der Waals surface area contributed by atoms with Crippen molar-refractivity contribution in [2.75, 3.05) is 30.3 Å². The number of thiophene rings is 1. The molecule has 1 aromatic heterocycles. The average Bonchev–Trinajstić information content (AvgIpc) is 3.46. The van der Waals surface area contributed by atoms with Gasteiger partial charge >= 0.3 is 0 Å². The Morgan fingerprint density at radius 2 is 2.17 bits per heavy atom. The molecule has 0 saturated heterocycles. The summed E-state index contributed by atoms with van der Waals surface area (Å²) in [6, 6.07) is 9.07. The predicted molar refractivity (Wildman–Crippen MR) is 120 cm³/mol. The van der Waals surface area contributed by atoms with Crippen molar-refractivity contribution < 1.29 is 13.2 Å². The molecule has 1 amide bonds. The van der Waals surface area contributed by atoms with Crippen LogP contribution in [0.25, 0.3) is 0 Å². The summed E-state index contributed by atoms with van der Waals surface area (Å²) < 4.78 is 27.6. The molecular weight excluding hydrogens is 428 g/mol. The predicted octanol–water partition coefficient (Wildman–Crippen LogP) is 2.56. The van der Waals surface area contributed by atoms with E-state index in [4.69, 9.17) is 0 Å². The van der Waals surface area contributed by atoms with Gasteiger partial charge in [0.05, 0.1) is 29.0 Å². The number of anilines is 2. The lowest BCUT2D eigenvalue weighted by molar-refractivity contribution is -0.120. The smallest absolute Gasteiger partial charge is 0.273 e. The molecule has 2 aromatic rings. The largest absolute Gasteiger partial charge is 0.374 e. The highest BCUT2D eigenvalue weighted by atomic mass is 32.2. The maximum absolute atomic E-state index is 12.9. The zero-order valence-corrected chi connectivity index (χ0v) is 18.5. The minimum Gasteiger partial charge on any atom is -0.374 e. The summed E-state index contributed by atoms with van der Waals surface area (Å²) in [7, 11) is -0.376. The highest BCUT2D eigenvalue weighted by molar-refractivity contribution is 8.15. The molecule has 0 bridgehead atoms. The van der Waals surface area contributed by atoms with E-state index in [1.165, 1.54) is 15.6 Å². The van der Waals surface area contributed by atoms with Crippen LogP contribution < -0.4 is 14.9 Å². The van der Waals surface area contributed by atoms with Gasteiger partial charge in [-0.15, -0.1) is 23.1 Å². The number of fused-ring (bicyclic) bond motifs is 1. The van der Waals surface area contributed by atoms with Crippen LogP contribution >= 0.6 is 23.1 Å². The van der Waals surface area contributed by atoms with Gasteiger partial charge < -0.3 is 10.6 Å². The quantitative estimate of drug-likeness (QED) is 0.706. The zero-order chi connectivity index (χ0) is 20.6. The Balaban J connectivity index is 1.52. The monoisotopic (exact) mass is 450 g/mol. The number of nitrogens with one attached hydrogen (secondary N) is 2. The first kappa shape index (κ1) is 20.2. The summed E-state index contributed by atoms with van der Waals surface area (Å²) in [5.74, 6) is 0.0179. The Morgan fingerprint density at radius 1 is 1.34 bits per heavy atom. The van der Waals surface area contributed by atoms with E-state index in [1.807, 2.05) is 18.2 Å². The first-order valence-electron chi connectivity index (χ1n) is 9.22. The first-order chi connectivity index (χ1) is 13.9. The summed E-state index contributed by atoms with van der Waals surface area (Å²) >= 11 is 2.85. The Hall–Kier alpha value is -2.04. The maximum Gasteiger partial charge on any atom is 0.273 e. The van der Waals surface area contributed by atoms with Gasteiger partial charge in [0, 0.05) is 32.2 Å². The van der Waals surface area contributed by atoms with Crippen molar-refractivity contribution in [2.24, 2.45) is 4.99 Å². The Morgan fingerprint density at radius 3 is 2.90 bits per heavy atom. The Labute approximate surface area is 178 Å². The molecule has 0 fully saturated rings. The molecule has 0 saturated carbocycles. The van der Waals surface area contributed by atoms with Crippen molar-refractivity contribution in [3.8, 4) is 0 Å². The van der Waals surface area contributed by atoms with Crippen molar-refractivity contribution in [3.05, 3.63) is 41.3 Å². The molecule has 2 aliphatic heterocycles. The normalized spacial score (nSPS) is 20.7. The molecule has 2 aliphatic rings. The van der Waals surface area contributed by atoms with E-state index in [2.05, 4.69) is 15.6 Å². The Kier molecular flexibility index (Phi) is 5.58. The number of benzene rings is 1. The van der Waals surface area contributed by atoms with Gasteiger partial charge in [0.2, 0.25) is 5.91 Å². The molecular formula is C19H22N4O3S3. The van der Waals surface area contributed by atoms with E-state index < -0.39 is 10.0 Å². The van der Waals surface area contributed by atoms with Crippen LogP contribution in [0.1, 0.15) is 12.0 Å². The van der Waals surface area contributed by atoms with Crippen LogP contribution in [0.15, 0.2) is 44.9 Å². The number of para-hydroxylation sites is 1. The molecule has 154 valence electrons. The SMILES string of the molecule is CNC(=O)CC1CN=C(C2Cc3cccc(N(C)S(=O)(=O)c4cccs4)c3N2)S1. The first-order valence-corrected chi connectivity index (χ1v) is 12.4. The van der Waals surface area contributed by atoms with Crippen molar-refractivity contribution >= 4 is 55.4 Å². The fraction of sp³-hybridized carbons (Fsp3) is 0.368. The van der Waals surface area contributed by atoms with Gasteiger partial charge in [-0.1, -0.05) is 18.2 Å². The number of nitrogens with zero attached hydrogens (tertiary/aromatic N) is 2. The van der Waals surface area contributed by atoms with E-state index in [1.54, 1.807) is 43.4 Å². The van der Waals surface area contributed by atoms with Crippen LogP contribution in [0.4, 0.5) is 11.4 Å². The third-order valence-electron chi connectivity index (χ3n) is 5.05. The number of hydrogen-bond acceptors (Lipinski definition) is 7. The standard InChI is InChI=1S/C19H22N4O3S3/c1-20-16(24)10-13-11-21-19(28-13)14-9-12-5-3-6-15(18(12)22-14)23(2)29(25,26)17-7-4-8-27-17/h3-8,13-14,22H,9-11H2,1-2H3,(H,20,24). The Bertz CT molecular complexity index is 1050. The van der Waals surface area contributed by atoms with Gasteiger partial charge in [-0.05, 0) is 23.1 Å². The molecule has 3 heterocycles. The van der Waals surface area contributed by atoms with Crippen LogP contribution in [-0.4, -0.2) is 51.3 Å². The molecule has 2 N–H and O–H groups in total. The van der Waals surface area contributed by atoms with Crippen LogP contribution in [0, 0.1) is 0 Å². The maximum atomic E-state index is 12.9. The summed E-state index contributed by atoms with van der Waals surface area (Å²) in [6.45, 7) is 0.626. The molecule has 10 heteroatoms. The lowest BCUT2D eigenvalue weighted by Gasteiger charge is -2.22. The second kappa shape index (κ2) is 8.00. The van der Waals surface area contributed by atoms with Gasteiger partial charge in [-0.25, -0.2) is 8.42 Å². The number of carbonyl (C=O) groups excluding carboxylic acids is 1. The average molecular weight is 451 g/mol. The zero-order valence-electron chi connectivity index (χ0n) is 16.1. The topological polar surface area (TPSA) is 90.9 Å². The molecule has 29 heavy (non-hydrogen) atoms. The van der Waals surface area contributed by atoms with E-state index >= 15 is 0 Å².